The fraction of sp³-hybridized carbons (Fsp3) is 0.615. The van der Waals surface area contributed by atoms with Gasteiger partial charge >= 0.3 is 6.09 Å². The van der Waals surface area contributed by atoms with E-state index in [4.69, 9.17) is 4.74 Å². The maximum absolute atomic E-state index is 13.4. The van der Waals surface area contributed by atoms with Gasteiger partial charge in [-0.3, -0.25) is 9.59 Å². The lowest BCUT2D eigenvalue weighted by Crippen LogP contribution is -2.79. The molecule has 4 fully saturated rings. The SMILES string of the molecule is CC(C)(C)OC(=O)N1C2CCC1C(C(=O)N1CC3(CCN3C(=O)c3ccc4nc(CO)[nH]c4c3)C1)C2. The van der Waals surface area contributed by atoms with E-state index in [0.29, 0.717) is 43.0 Å². The topological polar surface area (TPSA) is 119 Å². The summed E-state index contributed by atoms with van der Waals surface area (Å²) in [7, 11) is 0. The summed E-state index contributed by atoms with van der Waals surface area (Å²) in [4.78, 5) is 52.4. The number of carbonyl (C=O) groups is 3. The number of hydrogen-bond acceptors (Lipinski definition) is 6. The monoisotopic (exact) mass is 495 g/mol. The van der Waals surface area contributed by atoms with Gasteiger partial charge in [0.05, 0.1) is 22.5 Å². The molecule has 10 heteroatoms. The lowest BCUT2D eigenvalue weighted by molar-refractivity contribution is -0.159. The average molecular weight is 496 g/mol. The van der Waals surface area contributed by atoms with E-state index in [-0.39, 0.29) is 48.1 Å². The number of aliphatic hydroxyl groups excluding tert-OH is 1. The molecule has 192 valence electrons. The summed E-state index contributed by atoms with van der Waals surface area (Å²) in [6, 6.07) is 5.29. The molecule has 1 aromatic carbocycles. The van der Waals surface area contributed by atoms with Crippen molar-refractivity contribution >= 4 is 28.9 Å². The number of benzene rings is 1. The minimum absolute atomic E-state index is 0.0496. The number of nitrogens with one attached hydrogen (secondary N) is 1. The van der Waals surface area contributed by atoms with Gasteiger partial charge in [0.25, 0.3) is 5.91 Å². The van der Waals surface area contributed by atoms with Crippen LogP contribution in [-0.2, 0) is 16.1 Å². The third kappa shape index (κ3) is 3.56. The fourth-order valence-electron chi connectivity index (χ4n) is 6.52. The van der Waals surface area contributed by atoms with Gasteiger partial charge in [-0.25, -0.2) is 9.78 Å². The predicted octanol–water partition coefficient (Wildman–Crippen LogP) is 2.27. The number of nitrogens with zero attached hydrogens (tertiary/aromatic N) is 4. The molecule has 5 heterocycles. The number of H-pyrrole nitrogens is 1. The van der Waals surface area contributed by atoms with Crippen molar-refractivity contribution < 1.29 is 24.2 Å². The van der Waals surface area contributed by atoms with Crippen LogP contribution in [0, 0.1) is 5.92 Å². The summed E-state index contributed by atoms with van der Waals surface area (Å²) in [5.41, 5.74) is 1.14. The number of likely N-dealkylation sites (tertiary alicyclic amines) is 2. The zero-order valence-electron chi connectivity index (χ0n) is 21.0. The Hall–Kier alpha value is -3.14. The van der Waals surface area contributed by atoms with Crippen LogP contribution < -0.4 is 0 Å². The molecule has 4 saturated heterocycles. The van der Waals surface area contributed by atoms with Gasteiger partial charge in [0, 0.05) is 37.3 Å². The number of aromatic nitrogens is 2. The van der Waals surface area contributed by atoms with Crippen molar-refractivity contribution in [1.82, 2.24) is 24.7 Å². The molecule has 3 amide bonds. The quantitative estimate of drug-likeness (QED) is 0.674. The number of ether oxygens (including phenoxy) is 1. The van der Waals surface area contributed by atoms with Gasteiger partial charge in [-0.1, -0.05) is 0 Å². The third-order valence-corrected chi connectivity index (χ3v) is 8.29. The van der Waals surface area contributed by atoms with Crippen LogP contribution in [0.4, 0.5) is 4.79 Å². The van der Waals surface area contributed by atoms with Gasteiger partial charge < -0.3 is 29.5 Å². The smallest absolute Gasteiger partial charge is 0.410 e. The van der Waals surface area contributed by atoms with Crippen LogP contribution in [0.15, 0.2) is 18.2 Å². The largest absolute Gasteiger partial charge is 0.444 e. The van der Waals surface area contributed by atoms with Gasteiger partial charge in [0.1, 0.15) is 18.0 Å². The van der Waals surface area contributed by atoms with Crippen LogP contribution in [0.1, 0.15) is 62.6 Å². The second-order valence-electron chi connectivity index (χ2n) is 11.7. The maximum atomic E-state index is 13.4. The molecule has 0 radical (unpaired) electrons. The van der Waals surface area contributed by atoms with Gasteiger partial charge in [-0.05, 0) is 64.7 Å². The van der Waals surface area contributed by atoms with Crippen LogP contribution in [0.25, 0.3) is 11.0 Å². The zero-order chi connectivity index (χ0) is 25.4. The first kappa shape index (κ1) is 23.3. The Morgan fingerprint density at radius 2 is 2.00 bits per heavy atom. The highest BCUT2D eigenvalue weighted by Crippen LogP contribution is 2.46. The lowest BCUT2D eigenvalue weighted by Gasteiger charge is -2.62. The summed E-state index contributed by atoms with van der Waals surface area (Å²) < 4.78 is 5.61. The standard InChI is InChI=1S/C26H33N5O5/c1-25(2,3)36-24(35)31-16-5-7-20(31)17(11-16)23(34)29-13-26(14-29)8-9-30(26)22(33)15-4-6-18-19(10-15)28-21(12-32)27-18/h4,6,10,16-17,20,32H,5,7-9,11-14H2,1-3H3,(H,27,28). The van der Waals surface area contributed by atoms with Crippen LogP contribution in [0.2, 0.25) is 0 Å². The van der Waals surface area contributed by atoms with Crippen LogP contribution in [0.3, 0.4) is 0 Å². The number of hydrogen-bond donors (Lipinski definition) is 2. The molecular formula is C26H33N5O5. The second-order valence-corrected chi connectivity index (χ2v) is 11.7. The van der Waals surface area contributed by atoms with E-state index in [9.17, 15) is 19.5 Å². The van der Waals surface area contributed by atoms with Gasteiger partial charge in [-0.2, -0.15) is 0 Å². The summed E-state index contributed by atoms with van der Waals surface area (Å²) in [6.07, 6.45) is 3.00. The molecule has 2 N–H and O–H groups in total. The van der Waals surface area contributed by atoms with E-state index >= 15 is 0 Å². The van der Waals surface area contributed by atoms with E-state index in [2.05, 4.69) is 9.97 Å². The Morgan fingerprint density at radius 1 is 1.22 bits per heavy atom. The number of amides is 3. The fourth-order valence-corrected chi connectivity index (χ4v) is 6.52. The molecule has 1 spiro atoms. The van der Waals surface area contributed by atoms with Crippen molar-refractivity contribution in [2.75, 3.05) is 19.6 Å². The zero-order valence-corrected chi connectivity index (χ0v) is 21.0. The molecule has 10 nitrogen and oxygen atoms in total. The molecule has 2 aromatic rings. The number of aliphatic hydroxyl groups is 1. The minimum Gasteiger partial charge on any atom is -0.444 e. The minimum atomic E-state index is -0.564. The van der Waals surface area contributed by atoms with E-state index in [1.165, 1.54) is 0 Å². The first-order valence-electron chi connectivity index (χ1n) is 12.8. The van der Waals surface area contributed by atoms with Crippen molar-refractivity contribution in [2.24, 2.45) is 5.92 Å². The normalized spacial score (nSPS) is 26.3. The number of fused-ring (bicyclic) bond motifs is 3. The van der Waals surface area contributed by atoms with E-state index in [1.54, 1.807) is 23.1 Å². The first-order valence-corrected chi connectivity index (χ1v) is 12.8. The number of aromatic amines is 1. The Bertz CT molecular complexity index is 1240. The average Bonchev–Trinajstić information content (AvgIpc) is 3.47. The number of carbonyl (C=O) groups excluding carboxylic acids is 3. The molecule has 6 rings (SSSR count). The Morgan fingerprint density at radius 3 is 2.67 bits per heavy atom. The molecule has 4 aliphatic rings. The summed E-state index contributed by atoms with van der Waals surface area (Å²) >= 11 is 0. The highest BCUT2D eigenvalue weighted by atomic mass is 16.6. The Balaban J connectivity index is 1.10. The molecule has 2 bridgehead atoms. The Labute approximate surface area is 209 Å². The predicted molar refractivity (Wildman–Crippen MR) is 130 cm³/mol. The van der Waals surface area contributed by atoms with E-state index < -0.39 is 5.60 Å². The summed E-state index contributed by atoms with van der Waals surface area (Å²) in [6.45, 7) is 7.14. The maximum Gasteiger partial charge on any atom is 0.410 e. The molecule has 0 aliphatic carbocycles. The van der Waals surface area contributed by atoms with Gasteiger partial charge in [0.15, 0.2) is 0 Å². The number of imidazole rings is 1. The first-order chi connectivity index (χ1) is 17.1. The summed E-state index contributed by atoms with van der Waals surface area (Å²) in [5, 5.41) is 9.30. The van der Waals surface area contributed by atoms with Crippen molar-refractivity contribution in [1.29, 1.82) is 0 Å². The van der Waals surface area contributed by atoms with Crippen molar-refractivity contribution in [3.8, 4) is 0 Å². The van der Waals surface area contributed by atoms with Crippen molar-refractivity contribution in [3.63, 3.8) is 0 Å². The van der Waals surface area contributed by atoms with Crippen LogP contribution in [-0.4, -0.2) is 90.5 Å². The highest BCUT2D eigenvalue weighted by molar-refractivity contribution is 5.98. The van der Waals surface area contributed by atoms with Crippen LogP contribution in [0.5, 0.6) is 0 Å². The molecule has 36 heavy (non-hydrogen) atoms. The molecular weight excluding hydrogens is 462 g/mol. The van der Waals surface area contributed by atoms with Crippen LogP contribution >= 0.6 is 0 Å². The number of rotatable bonds is 3. The van der Waals surface area contributed by atoms with Gasteiger partial charge in [0.2, 0.25) is 5.91 Å². The molecule has 1 aromatic heterocycles. The van der Waals surface area contributed by atoms with Crippen molar-refractivity contribution in [2.45, 2.75) is 76.3 Å². The highest BCUT2D eigenvalue weighted by Gasteiger charge is 2.60. The van der Waals surface area contributed by atoms with Crippen molar-refractivity contribution in [3.05, 3.63) is 29.6 Å². The lowest BCUT2D eigenvalue weighted by atomic mass is 9.75. The molecule has 3 unspecified atom stereocenters. The molecule has 4 aliphatic heterocycles. The third-order valence-electron chi connectivity index (χ3n) is 8.29. The van der Waals surface area contributed by atoms with E-state index in [0.717, 1.165) is 24.8 Å². The second kappa shape index (κ2) is 7.93. The Kier molecular flexibility index (Phi) is 5.13. The summed E-state index contributed by atoms with van der Waals surface area (Å²) in [5.74, 6) is 0.317. The van der Waals surface area contributed by atoms with Gasteiger partial charge in [-0.15, -0.1) is 0 Å². The molecule has 3 atom stereocenters. The molecule has 0 saturated carbocycles. The van der Waals surface area contributed by atoms with E-state index in [1.807, 2.05) is 30.6 Å².